The number of amides is 1. The minimum absolute atomic E-state index is 0.0141. The minimum atomic E-state index is 0.0141. The van der Waals surface area contributed by atoms with E-state index in [1.807, 2.05) is 31.2 Å². The third kappa shape index (κ3) is 3.87. The van der Waals surface area contributed by atoms with Crippen molar-refractivity contribution in [1.82, 2.24) is 10.2 Å². The molecule has 1 amide bonds. The Labute approximate surface area is 120 Å². The quantitative estimate of drug-likeness (QED) is 0.606. The molecule has 0 aromatic heterocycles. The molecule has 20 heavy (non-hydrogen) atoms. The third-order valence-electron chi connectivity index (χ3n) is 3.57. The summed E-state index contributed by atoms with van der Waals surface area (Å²) in [7, 11) is 0. The van der Waals surface area contributed by atoms with Crippen LogP contribution in [0.15, 0.2) is 24.3 Å². The highest BCUT2D eigenvalue weighted by molar-refractivity contribution is 5.82. The van der Waals surface area contributed by atoms with Crippen molar-refractivity contribution in [3.63, 3.8) is 0 Å². The number of benzene rings is 1. The van der Waals surface area contributed by atoms with Crippen LogP contribution < -0.4 is 15.8 Å². The predicted molar refractivity (Wildman–Crippen MR) is 79.6 cm³/mol. The summed E-state index contributed by atoms with van der Waals surface area (Å²) in [5.74, 6) is 0.987. The minimum Gasteiger partial charge on any atom is -0.494 e. The maximum absolute atomic E-state index is 11.7. The van der Waals surface area contributed by atoms with Gasteiger partial charge < -0.3 is 15.8 Å². The second-order valence-electron chi connectivity index (χ2n) is 5.02. The molecule has 1 aromatic rings. The van der Waals surface area contributed by atoms with Gasteiger partial charge in [0.2, 0.25) is 5.91 Å². The van der Waals surface area contributed by atoms with Gasteiger partial charge in [0, 0.05) is 25.3 Å². The summed E-state index contributed by atoms with van der Waals surface area (Å²) in [6.07, 6.45) is 1.76. The SMILES string of the molecule is CCC1C(=O)NCCN1CCCOc1ccc(N)cc1. The van der Waals surface area contributed by atoms with Crippen LogP contribution in [0.25, 0.3) is 0 Å². The fraction of sp³-hybridized carbons (Fsp3) is 0.533. The van der Waals surface area contributed by atoms with Crippen molar-refractivity contribution in [2.45, 2.75) is 25.8 Å². The van der Waals surface area contributed by atoms with Gasteiger partial charge >= 0.3 is 0 Å². The van der Waals surface area contributed by atoms with Crippen LogP contribution in [-0.4, -0.2) is 43.1 Å². The Balaban J connectivity index is 1.72. The molecule has 1 aliphatic rings. The molecule has 1 saturated heterocycles. The molecule has 3 N–H and O–H groups in total. The van der Waals surface area contributed by atoms with Crippen LogP contribution in [0, 0.1) is 0 Å². The Bertz CT molecular complexity index is 433. The first-order chi connectivity index (χ1) is 9.70. The van der Waals surface area contributed by atoms with E-state index in [0.717, 1.165) is 43.9 Å². The van der Waals surface area contributed by atoms with Gasteiger partial charge in [0.25, 0.3) is 0 Å². The highest BCUT2D eigenvalue weighted by atomic mass is 16.5. The van der Waals surface area contributed by atoms with Gasteiger partial charge in [-0.2, -0.15) is 0 Å². The van der Waals surface area contributed by atoms with Crippen molar-refractivity contribution >= 4 is 11.6 Å². The molecule has 0 spiro atoms. The van der Waals surface area contributed by atoms with E-state index >= 15 is 0 Å². The van der Waals surface area contributed by atoms with Gasteiger partial charge in [0.05, 0.1) is 12.6 Å². The molecule has 110 valence electrons. The summed E-state index contributed by atoms with van der Waals surface area (Å²) in [5, 5.41) is 2.91. The average molecular weight is 277 g/mol. The molecule has 2 rings (SSSR count). The lowest BCUT2D eigenvalue weighted by atomic mass is 10.1. The first-order valence-electron chi connectivity index (χ1n) is 7.21. The number of anilines is 1. The molecule has 1 aliphatic heterocycles. The van der Waals surface area contributed by atoms with E-state index in [9.17, 15) is 4.79 Å². The van der Waals surface area contributed by atoms with Crippen LogP contribution in [-0.2, 0) is 4.79 Å². The molecule has 1 unspecified atom stereocenters. The lowest BCUT2D eigenvalue weighted by molar-refractivity contribution is -0.129. The summed E-state index contributed by atoms with van der Waals surface area (Å²) in [6.45, 7) is 5.26. The molecule has 0 bridgehead atoms. The summed E-state index contributed by atoms with van der Waals surface area (Å²) in [5.41, 5.74) is 6.36. The van der Waals surface area contributed by atoms with Gasteiger partial charge in [-0.1, -0.05) is 6.92 Å². The molecular weight excluding hydrogens is 254 g/mol. The molecule has 0 saturated carbocycles. The number of hydrogen-bond donors (Lipinski definition) is 2. The number of nitrogens with one attached hydrogen (secondary N) is 1. The number of hydrogen-bond acceptors (Lipinski definition) is 4. The average Bonchev–Trinajstić information content (AvgIpc) is 2.45. The van der Waals surface area contributed by atoms with Crippen molar-refractivity contribution in [2.75, 3.05) is 32.0 Å². The van der Waals surface area contributed by atoms with Crippen LogP contribution in [0.5, 0.6) is 5.75 Å². The first kappa shape index (κ1) is 14.7. The molecule has 1 aromatic carbocycles. The summed E-state index contributed by atoms with van der Waals surface area (Å²) < 4.78 is 5.66. The van der Waals surface area contributed by atoms with Gasteiger partial charge in [-0.15, -0.1) is 0 Å². The molecule has 5 nitrogen and oxygen atoms in total. The fourth-order valence-corrected chi connectivity index (χ4v) is 2.50. The van der Waals surface area contributed by atoms with Crippen molar-refractivity contribution in [3.8, 4) is 5.75 Å². The fourth-order valence-electron chi connectivity index (χ4n) is 2.50. The van der Waals surface area contributed by atoms with E-state index in [1.165, 1.54) is 0 Å². The number of rotatable bonds is 6. The molecule has 0 aliphatic carbocycles. The standard InChI is InChI=1S/C15H23N3O2/c1-2-14-15(19)17-8-10-18(14)9-3-11-20-13-6-4-12(16)5-7-13/h4-7,14H,2-3,8-11,16H2,1H3,(H,17,19). The number of piperazine rings is 1. The van der Waals surface area contributed by atoms with Crippen LogP contribution in [0.4, 0.5) is 5.69 Å². The number of carbonyl (C=O) groups is 1. The topological polar surface area (TPSA) is 67.6 Å². The Morgan fingerprint density at radius 3 is 2.85 bits per heavy atom. The Morgan fingerprint density at radius 1 is 1.40 bits per heavy atom. The highest BCUT2D eigenvalue weighted by Gasteiger charge is 2.27. The summed E-state index contributed by atoms with van der Waals surface area (Å²) in [4.78, 5) is 14.0. The van der Waals surface area contributed by atoms with Crippen molar-refractivity contribution < 1.29 is 9.53 Å². The molecule has 1 atom stereocenters. The highest BCUT2D eigenvalue weighted by Crippen LogP contribution is 2.14. The van der Waals surface area contributed by atoms with E-state index in [4.69, 9.17) is 10.5 Å². The Morgan fingerprint density at radius 2 is 2.15 bits per heavy atom. The lowest BCUT2D eigenvalue weighted by Gasteiger charge is -2.34. The second kappa shape index (κ2) is 7.14. The first-order valence-corrected chi connectivity index (χ1v) is 7.21. The Kier molecular flexibility index (Phi) is 5.24. The Hall–Kier alpha value is -1.75. The van der Waals surface area contributed by atoms with Crippen LogP contribution >= 0.6 is 0 Å². The van der Waals surface area contributed by atoms with E-state index in [2.05, 4.69) is 10.2 Å². The molecule has 0 radical (unpaired) electrons. The van der Waals surface area contributed by atoms with Gasteiger partial charge in [0.1, 0.15) is 5.75 Å². The molecule has 5 heteroatoms. The van der Waals surface area contributed by atoms with Crippen molar-refractivity contribution in [1.29, 1.82) is 0 Å². The lowest BCUT2D eigenvalue weighted by Crippen LogP contribution is -2.55. The molecular formula is C15H23N3O2. The van der Waals surface area contributed by atoms with E-state index in [-0.39, 0.29) is 11.9 Å². The zero-order chi connectivity index (χ0) is 14.4. The van der Waals surface area contributed by atoms with Crippen LogP contribution in [0.1, 0.15) is 19.8 Å². The van der Waals surface area contributed by atoms with E-state index in [0.29, 0.717) is 6.61 Å². The monoisotopic (exact) mass is 277 g/mol. The normalized spacial score (nSPS) is 19.6. The number of nitrogens with zero attached hydrogens (tertiary/aromatic N) is 1. The smallest absolute Gasteiger partial charge is 0.237 e. The van der Waals surface area contributed by atoms with Crippen molar-refractivity contribution in [2.24, 2.45) is 0 Å². The van der Waals surface area contributed by atoms with E-state index in [1.54, 1.807) is 0 Å². The van der Waals surface area contributed by atoms with Gasteiger partial charge in [-0.3, -0.25) is 9.69 Å². The zero-order valence-electron chi connectivity index (χ0n) is 12.0. The van der Waals surface area contributed by atoms with Crippen molar-refractivity contribution in [3.05, 3.63) is 24.3 Å². The predicted octanol–water partition coefficient (Wildman–Crippen LogP) is 1.25. The molecule has 1 heterocycles. The molecule has 1 fully saturated rings. The summed E-state index contributed by atoms with van der Waals surface area (Å²) >= 11 is 0. The largest absolute Gasteiger partial charge is 0.494 e. The van der Waals surface area contributed by atoms with Crippen LogP contribution in [0.3, 0.4) is 0 Å². The summed E-state index contributed by atoms with van der Waals surface area (Å²) in [6, 6.07) is 7.42. The zero-order valence-corrected chi connectivity index (χ0v) is 12.0. The maximum Gasteiger partial charge on any atom is 0.237 e. The van der Waals surface area contributed by atoms with Gasteiger partial charge in [-0.05, 0) is 37.1 Å². The number of nitrogens with two attached hydrogens (primary N) is 1. The number of nitrogen functional groups attached to an aromatic ring is 1. The van der Waals surface area contributed by atoms with Crippen LogP contribution in [0.2, 0.25) is 0 Å². The number of carbonyl (C=O) groups excluding carboxylic acids is 1. The third-order valence-corrected chi connectivity index (χ3v) is 3.57. The van der Waals surface area contributed by atoms with E-state index < -0.39 is 0 Å². The maximum atomic E-state index is 11.7. The van der Waals surface area contributed by atoms with Gasteiger partial charge in [-0.25, -0.2) is 0 Å². The number of ether oxygens (including phenoxy) is 1. The second-order valence-corrected chi connectivity index (χ2v) is 5.02. The van der Waals surface area contributed by atoms with Gasteiger partial charge in [0.15, 0.2) is 0 Å².